The first-order chi connectivity index (χ1) is 6.97. The minimum absolute atomic E-state index is 0.368. The molecule has 0 spiro atoms. The van der Waals surface area contributed by atoms with Crippen molar-refractivity contribution in [1.29, 1.82) is 0 Å². The third-order valence-corrected chi connectivity index (χ3v) is 3.51. The van der Waals surface area contributed by atoms with Gasteiger partial charge in [0.1, 0.15) is 0 Å². The first kappa shape index (κ1) is 12.3. The molecule has 0 unspecified atom stereocenters. The first-order valence-corrected chi connectivity index (χ1v) is 5.98. The molecule has 0 saturated carbocycles. The molecular formula is C15H24. The molecule has 0 amide bonds. The number of hydrogen-bond donors (Lipinski definition) is 0. The lowest BCUT2D eigenvalue weighted by Gasteiger charge is -2.32. The normalized spacial score (nSPS) is 22.6. The molecule has 1 aliphatic carbocycles. The number of hydrogen-bond acceptors (Lipinski definition) is 0. The highest BCUT2D eigenvalue weighted by Crippen LogP contribution is 2.40. The number of rotatable bonds is 2. The van der Waals surface area contributed by atoms with Crippen LogP contribution in [0.4, 0.5) is 0 Å². The Labute approximate surface area is 94.8 Å². The Morgan fingerprint density at radius 2 is 2.00 bits per heavy atom. The van der Waals surface area contributed by atoms with Crippen LogP contribution in [0.15, 0.2) is 34.9 Å². The van der Waals surface area contributed by atoms with Crippen molar-refractivity contribution in [3.8, 4) is 0 Å². The second-order valence-electron chi connectivity index (χ2n) is 5.30. The second kappa shape index (κ2) is 4.83. The second-order valence-corrected chi connectivity index (χ2v) is 5.30. The van der Waals surface area contributed by atoms with Crippen LogP contribution in [0.1, 0.15) is 53.9 Å². The zero-order valence-electron chi connectivity index (χ0n) is 10.9. The largest absolute Gasteiger partial charge is 0.0847 e. The van der Waals surface area contributed by atoms with E-state index in [4.69, 9.17) is 0 Å². The predicted octanol–water partition coefficient (Wildman–Crippen LogP) is 5.04. The average molecular weight is 204 g/mol. The van der Waals surface area contributed by atoms with Crippen molar-refractivity contribution in [3.63, 3.8) is 0 Å². The van der Waals surface area contributed by atoms with Crippen LogP contribution in [0.5, 0.6) is 0 Å². The topological polar surface area (TPSA) is 0 Å². The Balaban J connectivity index is 2.95. The molecule has 0 aliphatic heterocycles. The van der Waals surface area contributed by atoms with Gasteiger partial charge in [0.15, 0.2) is 0 Å². The van der Waals surface area contributed by atoms with Crippen LogP contribution >= 0.6 is 0 Å². The summed E-state index contributed by atoms with van der Waals surface area (Å²) >= 11 is 0. The van der Waals surface area contributed by atoms with E-state index in [1.54, 1.807) is 11.1 Å². The van der Waals surface area contributed by atoms with Gasteiger partial charge >= 0.3 is 0 Å². The maximum Gasteiger partial charge on any atom is -0.0104 e. The van der Waals surface area contributed by atoms with Gasteiger partial charge < -0.3 is 0 Å². The summed E-state index contributed by atoms with van der Waals surface area (Å²) in [4.78, 5) is 0. The summed E-state index contributed by atoms with van der Waals surface area (Å²) in [6.07, 6.45) is 10.7. The van der Waals surface area contributed by atoms with Gasteiger partial charge in [0.25, 0.3) is 0 Å². The van der Waals surface area contributed by atoms with Crippen molar-refractivity contribution in [2.75, 3.05) is 0 Å². The summed E-state index contributed by atoms with van der Waals surface area (Å²) < 4.78 is 0. The Hall–Kier alpha value is -0.780. The van der Waals surface area contributed by atoms with Crippen molar-refractivity contribution in [2.24, 2.45) is 5.41 Å². The quantitative estimate of drug-likeness (QED) is 0.553. The molecule has 15 heavy (non-hydrogen) atoms. The molecule has 84 valence electrons. The highest BCUT2D eigenvalue weighted by atomic mass is 14.3. The molecule has 1 rings (SSSR count). The predicted molar refractivity (Wildman–Crippen MR) is 68.9 cm³/mol. The van der Waals surface area contributed by atoms with Gasteiger partial charge in [-0.1, -0.05) is 43.2 Å². The summed E-state index contributed by atoms with van der Waals surface area (Å²) in [6, 6.07) is 0. The average Bonchev–Trinajstić information content (AvgIpc) is 2.15. The third kappa shape index (κ3) is 3.09. The van der Waals surface area contributed by atoms with Crippen molar-refractivity contribution in [1.82, 2.24) is 0 Å². The van der Waals surface area contributed by atoms with Gasteiger partial charge in [-0.2, -0.15) is 0 Å². The molecule has 1 aliphatic rings. The zero-order chi connectivity index (χ0) is 11.5. The minimum atomic E-state index is 0.368. The van der Waals surface area contributed by atoms with Crippen molar-refractivity contribution >= 4 is 0 Å². The van der Waals surface area contributed by atoms with Gasteiger partial charge in [0.2, 0.25) is 0 Å². The lowest BCUT2D eigenvalue weighted by atomic mass is 9.72. The van der Waals surface area contributed by atoms with E-state index in [-0.39, 0.29) is 0 Å². The van der Waals surface area contributed by atoms with Crippen LogP contribution in [0, 0.1) is 5.41 Å². The molecule has 0 radical (unpaired) electrons. The van der Waals surface area contributed by atoms with Gasteiger partial charge in [-0.05, 0) is 51.0 Å². The Kier molecular flexibility index (Phi) is 3.96. The Morgan fingerprint density at radius 1 is 1.33 bits per heavy atom. The van der Waals surface area contributed by atoms with E-state index in [0.717, 1.165) is 0 Å². The minimum Gasteiger partial charge on any atom is -0.0847 e. The lowest BCUT2D eigenvalue weighted by molar-refractivity contribution is 0.377. The Bertz CT molecular complexity index is 311. The highest BCUT2D eigenvalue weighted by molar-refractivity contribution is 5.35. The maximum absolute atomic E-state index is 2.36. The molecule has 0 heterocycles. The van der Waals surface area contributed by atoms with Crippen LogP contribution in [0.2, 0.25) is 0 Å². The van der Waals surface area contributed by atoms with E-state index in [0.29, 0.717) is 5.41 Å². The van der Waals surface area contributed by atoms with E-state index in [1.165, 1.54) is 24.8 Å². The van der Waals surface area contributed by atoms with E-state index < -0.39 is 0 Å². The van der Waals surface area contributed by atoms with Crippen molar-refractivity contribution in [2.45, 2.75) is 53.9 Å². The molecule has 0 heteroatoms. The molecule has 0 saturated heterocycles. The monoisotopic (exact) mass is 204 g/mol. The molecule has 0 aromatic carbocycles. The standard InChI is InChI=1S/C15H24/c1-6-12(2)9-10-14-13(3)8-7-11-15(14,4)5/h6,9-10H,7-8,11H2,1-5H3/b10-9+,12-6-. The van der Waals surface area contributed by atoms with E-state index in [9.17, 15) is 0 Å². The highest BCUT2D eigenvalue weighted by Gasteiger charge is 2.26. The fourth-order valence-electron chi connectivity index (χ4n) is 2.32. The summed E-state index contributed by atoms with van der Waals surface area (Å²) in [5.41, 5.74) is 4.84. The molecule has 0 bridgehead atoms. The number of allylic oxidation sites excluding steroid dienone is 6. The summed E-state index contributed by atoms with van der Waals surface area (Å²) in [7, 11) is 0. The SMILES string of the molecule is C/C=C(C)\C=C\C1=C(C)CCCC1(C)C. The fraction of sp³-hybridized carbons (Fsp3) is 0.600. The van der Waals surface area contributed by atoms with Crippen LogP contribution in [-0.4, -0.2) is 0 Å². The molecule has 0 aromatic heterocycles. The molecule has 0 aromatic rings. The molecule has 0 fully saturated rings. The summed E-state index contributed by atoms with van der Waals surface area (Å²) in [6.45, 7) is 11.3. The van der Waals surface area contributed by atoms with Crippen LogP contribution in [0.3, 0.4) is 0 Å². The van der Waals surface area contributed by atoms with E-state index in [2.05, 4.69) is 52.8 Å². The van der Waals surface area contributed by atoms with Gasteiger partial charge in [-0.3, -0.25) is 0 Å². The molecular weight excluding hydrogens is 180 g/mol. The van der Waals surface area contributed by atoms with Crippen LogP contribution in [0.25, 0.3) is 0 Å². The van der Waals surface area contributed by atoms with Gasteiger partial charge in [0.05, 0.1) is 0 Å². The lowest BCUT2D eigenvalue weighted by Crippen LogP contribution is -2.19. The van der Waals surface area contributed by atoms with Gasteiger partial charge in [-0.25, -0.2) is 0 Å². The van der Waals surface area contributed by atoms with Crippen molar-refractivity contribution < 1.29 is 0 Å². The van der Waals surface area contributed by atoms with Crippen LogP contribution in [-0.2, 0) is 0 Å². The van der Waals surface area contributed by atoms with Gasteiger partial charge in [0, 0.05) is 0 Å². The summed E-state index contributed by atoms with van der Waals surface area (Å²) in [5, 5.41) is 0. The van der Waals surface area contributed by atoms with Gasteiger partial charge in [-0.15, -0.1) is 0 Å². The molecule has 0 atom stereocenters. The van der Waals surface area contributed by atoms with Crippen molar-refractivity contribution in [3.05, 3.63) is 34.9 Å². The summed E-state index contributed by atoms with van der Waals surface area (Å²) in [5.74, 6) is 0. The Morgan fingerprint density at radius 3 is 2.53 bits per heavy atom. The van der Waals surface area contributed by atoms with Crippen LogP contribution < -0.4 is 0 Å². The molecule has 0 nitrogen and oxygen atoms in total. The zero-order valence-corrected chi connectivity index (χ0v) is 10.9. The maximum atomic E-state index is 2.36. The third-order valence-electron chi connectivity index (χ3n) is 3.51. The van der Waals surface area contributed by atoms with E-state index in [1.807, 2.05) is 0 Å². The smallest absolute Gasteiger partial charge is 0.0104 e. The fourth-order valence-corrected chi connectivity index (χ4v) is 2.32. The molecule has 0 N–H and O–H groups in total. The first-order valence-electron chi connectivity index (χ1n) is 5.98. The van der Waals surface area contributed by atoms with E-state index >= 15 is 0 Å².